The molecular formula is C34H37BrN2O6. The SMILES string of the molecule is CN(CC(CC[NH+]1CCC2(CC1)OCc1ccccc12)c1ccc(Br)cc1)C(=O)c1ccccc1.O=C([O-])/C=C/C(=O)O. The predicted octanol–water partition coefficient (Wildman–Crippen LogP) is 3.18. The summed E-state index contributed by atoms with van der Waals surface area (Å²) >= 11 is 3.56. The Hall–Kier alpha value is -3.79. The molecule has 8 nitrogen and oxygen atoms in total. The van der Waals surface area contributed by atoms with Crippen molar-refractivity contribution in [2.24, 2.45) is 0 Å². The van der Waals surface area contributed by atoms with Crippen LogP contribution in [0.2, 0.25) is 0 Å². The summed E-state index contributed by atoms with van der Waals surface area (Å²) in [4.78, 5) is 35.5. The summed E-state index contributed by atoms with van der Waals surface area (Å²) < 4.78 is 7.45. The van der Waals surface area contributed by atoms with Crippen molar-refractivity contribution in [3.63, 3.8) is 0 Å². The Bertz CT molecular complexity index is 1400. The minimum atomic E-state index is -1.51. The number of likely N-dealkylation sites (N-methyl/N-ethyl adjacent to an activating group) is 1. The van der Waals surface area contributed by atoms with Gasteiger partial charge in [-0.25, -0.2) is 4.79 Å². The van der Waals surface area contributed by atoms with E-state index in [9.17, 15) is 19.5 Å². The van der Waals surface area contributed by atoms with Gasteiger partial charge in [0, 0.05) is 54.9 Å². The minimum absolute atomic E-state index is 0.0759. The van der Waals surface area contributed by atoms with Crippen LogP contribution in [-0.2, 0) is 26.5 Å². The lowest BCUT2D eigenvalue weighted by atomic mass is 9.83. The average molecular weight is 650 g/mol. The zero-order chi connectivity index (χ0) is 30.8. The number of amides is 1. The lowest BCUT2D eigenvalue weighted by molar-refractivity contribution is -0.908. The molecule has 226 valence electrons. The Morgan fingerprint density at radius 2 is 1.65 bits per heavy atom. The molecule has 1 saturated heterocycles. The van der Waals surface area contributed by atoms with Gasteiger partial charge in [0.25, 0.3) is 5.91 Å². The van der Waals surface area contributed by atoms with Crippen LogP contribution in [0.15, 0.2) is 95.5 Å². The van der Waals surface area contributed by atoms with E-state index in [-0.39, 0.29) is 11.5 Å². The third-order valence-corrected chi connectivity index (χ3v) is 8.72. The summed E-state index contributed by atoms with van der Waals surface area (Å²) in [6.45, 7) is 4.81. The van der Waals surface area contributed by atoms with Crippen molar-refractivity contribution in [2.45, 2.75) is 37.4 Å². The van der Waals surface area contributed by atoms with Crippen LogP contribution in [0.5, 0.6) is 0 Å². The van der Waals surface area contributed by atoms with Crippen molar-refractivity contribution >= 4 is 33.8 Å². The molecule has 3 aromatic rings. The van der Waals surface area contributed by atoms with Crippen LogP contribution in [0.25, 0.3) is 0 Å². The van der Waals surface area contributed by atoms with Crippen LogP contribution in [0.3, 0.4) is 0 Å². The third kappa shape index (κ3) is 8.86. The number of piperidine rings is 1. The van der Waals surface area contributed by atoms with Gasteiger partial charge in [-0.1, -0.05) is 70.5 Å². The highest BCUT2D eigenvalue weighted by Gasteiger charge is 2.44. The first-order valence-corrected chi connectivity index (χ1v) is 15.2. The normalized spacial score (nSPS) is 19.7. The third-order valence-electron chi connectivity index (χ3n) is 8.19. The number of quaternary nitrogens is 1. The van der Waals surface area contributed by atoms with Gasteiger partial charge in [-0.3, -0.25) is 4.79 Å². The quantitative estimate of drug-likeness (QED) is 0.345. The molecule has 2 aliphatic heterocycles. The molecule has 0 radical (unpaired) electrons. The molecule has 0 saturated carbocycles. The average Bonchev–Trinajstić information content (AvgIpc) is 3.37. The molecule has 1 fully saturated rings. The number of benzene rings is 3. The van der Waals surface area contributed by atoms with Gasteiger partial charge in [0.2, 0.25) is 0 Å². The van der Waals surface area contributed by atoms with Crippen LogP contribution < -0.4 is 10.0 Å². The fraction of sp³-hybridized carbons (Fsp3) is 0.324. The molecule has 3 aromatic carbocycles. The van der Waals surface area contributed by atoms with Gasteiger partial charge in [-0.05, 0) is 47.0 Å². The van der Waals surface area contributed by atoms with Gasteiger partial charge < -0.3 is 29.5 Å². The van der Waals surface area contributed by atoms with Gasteiger partial charge in [0.1, 0.15) is 5.60 Å². The molecule has 2 aliphatic rings. The van der Waals surface area contributed by atoms with Crippen LogP contribution >= 0.6 is 15.9 Å². The van der Waals surface area contributed by atoms with Crippen molar-refractivity contribution in [3.05, 3.63) is 118 Å². The van der Waals surface area contributed by atoms with E-state index >= 15 is 0 Å². The number of carboxylic acids is 2. The first kappa shape index (κ1) is 32.1. The molecule has 1 atom stereocenters. The van der Waals surface area contributed by atoms with E-state index in [1.54, 1.807) is 4.90 Å². The number of nitrogens with one attached hydrogen (secondary N) is 1. The maximum Gasteiger partial charge on any atom is 0.328 e. The molecule has 0 bridgehead atoms. The number of likely N-dealkylation sites (tertiary alicyclic amines) is 1. The Kier molecular flexibility index (Phi) is 11.3. The summed E-state index contributed by atoms with van der Waals surface area (Å²) in [7, 11) is 1.92. The molecule has 5 rings (SSSR count). The highest BCUT2D eigenvalue weighted by molar-refractivity contribution is 9.10. The molecule has 1 spiro atoms. The molecule has 43 heavy (non-hydrogen) atoms. The van der Waals surface area contributed by atoms with E-state index in [1.807, 2.05) is 42.3 Å². The first-order chi connectivity index (χ1) is 20.7. The standard InChI is InChI=1S/C30H33BrN2O2.C4H4O4/c1-32(29(34)24-7-3-2-4-8-24)21-25(23-11-13-27(31)14-12-23)15-18-33-19-16-30(17-20-33)28-10-6-5-9-26(28)22-35-30;5-3(6)1-2-4(7)8/h2-14,25H,15-22H2,1H3;1-2H,(H,5,6)(H,7,8)/b;2-1+. The maximum atomic E-state index is 13.0. The molecule has 2 N–H and O–H groups in total. The van der Waals surface area contributed by atoms with Crippen molar-refractivity contribution in [2.75, 3.05) is 33.2 Å². The smallest absolute Gasteiger partial charge is 0.328 e. The van der Waals surface area contributed by atoms with Crippen molar-refractivity contribution in [3.8, 4) is 0 Å². The number of halogens is 1. The Morgan fingerprint density at radius 1 is 1.00 bits per heavy atom. The van der Waals surface area contributed by atoms with Gasteiger partial charge in [0.05, 0.1) is 32.2 Å². The van der Waals surface area contributed by atoms with E-state index in [2.05, 4.69) is 64.5 Å². The molecule has 1 unspecified atom stereocenters. The van der Waals surface area contributed by atoms with E-state index in [4.69, 9.17) is 9.84 Å². The predicted molar refractivity (Wildman–Crippen MR) is 164 cm³/mol. The van der Waals surface area contributed by atoms with Crippen LogP contribution in [0.1, 0.15) is 52.2 Å². The number of nitrogens with zero attached hydrogens (tertiary/aromatic N) is 1. The highest BCUT2D eigenvalue weighted by Crippen LogP contribution is 2.42. The van der Waals surface area contributed by atoms with Gasteiger partial charge in [-0.2, -0.15) is 0 Å². The number of carboxylic acid groups (broad SMARTS) is 2. The minimum Gasteiger partial charge on any atom is -0.545 e. The number of fused-ring (bicyclic) bond motifs is 2. The summed E-state index contributed by atoms with van der Waals surface area (Å²) in [5, 5.41) is 17.2. The van der Waals surface area contributed by atoms with Crippen molar-refractivity contribution < 1.29 is 34.2 Å². The van der Waals surface area contributed by atoms with E-state index in [1.165, 1.54) is 16.7 Å². The fourth-order valence-electron chi connectivity index (χ4n) is 5.89. The largest absolute Gasteiger partial charge is 0.545 e. The number of carbonyl (C=O) groups excluding carboxylic acids is 2. The zero-order valence-corrected chi connectivity index (χ0v) is 25.8. The number of carbonyl (C=O) groups is 3. The Balaban J connectivity index is 0.000000467. The van der Waals surface area contributed by atoms with Crippen molar-refractivity contribution in [1.29, 1.82) is 0 Å². The monoisotopic (exact) mass is 648 g/mol. The van der Waals surface area contributed by atoms with Gasteiger partial charge in [0.15, 0.2) is 0 Å². The van der Waals surface area contributed by atoms with E-state index in [0.717, 1.165) is 55.5 Å². The van der Waals surface area contributed by atoms with Gasteiger partial charge in [-0.15, -0.1) is 0 Å². The number of hydrogen-bond donors (Lipinski definition) is 2. The van der Waals surface area contributed by atoms with Crippen LogP contribution in [-0.4, -0.2) is 61.1 Å². The molecule has 9 heteroatoms. The molecular weight excluding hydrogens is 612 g/mol. The summed E-state index contributed by atoms with van der Waals surface area (Å²) in [6, 6.07) is 26.9. The molecule has 1 amide bonds. The first-order valence-electron chi connectivity index (χ1n) is 14.4. The van der Waals surface area contributed by atoms with Crippen LogP contribution in [0.4, 0.5) is 0 Å². The second-order valence-electron chi connectivity index (χ2n) is 11.0. The number of aliphatic carboxylic acids is 2. The Morgan fingerprint density at radius 3 is 2.28 bits per heavy atom. The Labute approximate surface area is 260 Å². The molecule has 0 aromatic heterocycles. The van der Waals surface area contributed by atoms with Crippen LogP contribution in [0, 0.1) is 0 Å². The second kappa shape index (κ2) is 15.1. The second-order valence-corrected chi connectivity index (χ2v) is 11.9. The summed E-state index contributed by atoms with van der Waals surface area (Å²) in [5.74, 6) is -2.42. The molecule has 0 aliphatic carbocycles. The summed E-state index contributed by atoms with van der Waals surface area (Å²) in [5.41, 5.74) is 4.73. The summed E-state index contributed by atoms with van der Waals surface area (Å²) in [6.07, 6.45) is 4.15. The number of ether oxygens (including phenoxy) is 1. The lowest BCUT2D eigenvalue weighted by Crippen LogP contribution is -3.13. The maximum absolute atomic E-state index is 13.0. The fourth-order valence-corrected chi connectivity index (χ4v) is 6.15. The number of rotatable bonds is 9. The topological polar surface area (TPSA) is 111 Å². The number of hydrogen-bond acceptors (Lipinski definition) is 5. The zero-order valence-electron chi connectivity index (χ0n) is 24.2. The van der Waals surface area contributed by atoms with Crippen molar-refractivity contribution in [1.82, 2.24) is 4.90 Å². The molecule has 2 heterocycles. The highest BCUT2D eigenvalue weighted by atomic mass is 79.9. The van der Waals surface area contributed by atoms with Gasteiger partial charge >= 0.3 is 5.97 Å². The van der Waals surface area contributed by atoms with E-state index in [0.29, 0.717) is 24.6 Å². The lowest BCUT2D eigenvalue weighted by Gasteiger charge is -2.37. The van der Waals surface area contributed by atoms with E-state index < -0.39 is 11.9 Å².